The number of ether oxygens (including phenoxy) is 1. The second kappa shape index (κ2) is 12.8. The van der Waals surface area contributed by atoms with Gasteiger partial charge in [-0.2, -0.15) is 4.72 Å². The van der Waals surface area contributed by atoms with Crippen LogP contribution in [0.4, 0.5) is 11.6 Å². The van der Waals surface area contributed by atoms with Gasteiger partial charge < -0.3 is 30.8 Å². The number of imidazole rings is 1. The molecule has 1 heterocycles. The van der Waals surface area contributed by atoms with Crippen molar-refractivity contribution >= 4 is 56.7 Å². The maximum atomic E-state index is 13.2. The molecule has 0 aliphatic heterocycles. The van der Waals surface area contributed by atoms with E-state index >= 15 is 0 Å². The summed E-state index contributed by atoms with van der Waals surface area (Å²) in [6.45, 7) is -0.216. The van der Waals surface area contributed by atoms with Gasteiger partial charge in [0.15, 0.2) is 5.95 Å². The molecule has 0 unspecified atom stereocenters. The summed E-state index contributed by atoms with van der Waals surface area (Å²) in [5.74, 6) is -1.45. The molecule has 0 radical (unpaired) electrons. The molecule has 1 aromatic heterocycles. The van der Waals surface area contributed by atoms with E-state index in [9.17, 15) is 23.1 Å². The van der Waals surface area contributed by atoms with Crippen molar-refractivity contribution in [3.8, 4) is 0 Å². The Morgan fingerprint density at radius 2 is 2.00 bits per heavy atom. The van der Waals surface area contributed by atoms with Crippen molar-refractivity contribution in [2.45, 2.75) is 23.8 Å². The van der Waals surface area contributed by atoms with Crippen molar-refractivity contribution in [2.75, 3.05) is 44.4 Å². The van der Waals surface area contributed by atoms with Gasteiger partial charge in [-0.1, -0.05) is 23.2 Å². The number of rotatable bonds is 14. The van der Waals surface area contributed by atoms with Crippen LogP contribution in [-0.2, 0) is 24.3 Å². The highest BCUT2D eigenvalue weighted by atomic mass is 35.5. The Labute approximate surface area is 206 Å². The molecule has 12 nitrogen and oxygen atoms in total. The normalized spacial score (nSPS) is 12.3. The van der Waals surface area contributed by atoms with E-state index in [0.29, 0.717) is 18.9 Å². The summed E-state index contributed by atoms with van der Waals surface area (Å²) in [6, 6.07) is 0.963. The van der Waals surface area contributed by atoms with E-state index in [1.807, 2.05) is 0 Å². The molecule has 0 aliphatic rings. The van der Waals surface area contributed by atoms with Gasteiger partial charge in [0.2, 0.25) is 15.9 Å². The van der Waals surface area contributed by atoms with Gasteiger partial charge in [0, 0.05) is 32.6 Å². The van der Waals surface area contributed by atoms with Crippen molar-refractivity contribution in [1.82, 2.24) is 19.6 Å². The van der Waals surface area contributed by atoms with Gasteiger partial charge in [0.05, 0.1) is 27.2 Å². The third kappa shape index (κ3) is 8.02. The number of benzene rings is 1. The van der Waals surface area contributed by atoms with Gasteiger partial charge in [-0.05, 0) is 25.0 Å². The zero-order valence-electron chi connectivity index (χ0n) is 18.3. The summed E-state index contributed by atoms with van der Waals surface area (Å²) < 4.78 is 33.3. The number of carbonyl (C=O) groups excluding carboxylic acids is 1. The fraction of sp³-hybridized carbons (Fsp3) is 0.421. The third-order valence-electron chi connectivity index (χ3n) is 4.62. The van der Waals surface area contributed by atoms with Gasteiger partial charge in [0.25, 0.3) is 0 Å². The van der Waals surface area contributed by atoms with E-state index in [0.717, 1.165) is 17.0 Å². The fourth-order valence-electron chi connectivity index (χ4n) is 2.93. The number of carbonyl (C=O) groups is 2. The lowest BCUT2D eigenvalue weighted by Crippen LogP contribution is -2.50. The number of hydrogen-bond donors (Lipinski definition) is 5. The first-order chi connectivity index (χ1) is 16.0. The minimum atomic E-state index is -4.27. The molecule has 188 valence electrons. The number of anilines is 2. The second-order valence-corrected chi connectivity index (χ2v) is 9.66. The number of aromatic amines is 1. The van der Waals surface area contributed by atoms with Gasteiger partial charge in [-0.3, -0.25) is 9.59 Å². The van der Waals surface area contributed by atoms with E-state index < -0.39 is 34.5 Å². The number of methoxy groups -OCH3 is 1. The summed E-state index contributed by atoms with van der Waals surface area (Å²) in [6.07, 6.45) is 3.61. The van der Waals surface area contributed by atoms with E-state index in [2.05, 4.69) is 20.0 Å². The summed E-state index contributed by atoms with van der Waals surface area (Å²) >= 11 is 11.9. The number of nitrogen functional groups attached to an aromatic ring is 1. The standard InChI is InChI=1S/C19H26Cl2N6O6S/c1-33-8-7-27(11-16(28)29)18(30)15(3-2-4-23-19-24-5-6-25-19)26-34(31,32)12-9-13(20)17(22)14(21)10-12/h5-6,9-10,15,26H,2-4,7-8,11,22H2,1H3,(H,28,29)(H2,23,24,25)/t15-/m0/s1. The lowest BCUT2D eigenvalue weighted by molar-refractivity contribution is -0.145. The maximum Gasteiger partial charge on any atom is 0.323 e. The summed E-state index contributed by atoms with van der Waals surface area (Å²) in [4.78, 5) is 32.1. The number of nitrogens with two attached hydrogens (primary N) is 1. The number of nitrogens with one attached hydrogen (secondary N) is 3. The smallest absolute Gasteiger partial charge is 0.323 e. The Hall–Kier alpha value is -2.58. The number of carboxylic acid groups (broad SMARTS) is 1. The molecule has 0 aliphatic carbocycles. The minimum Gasteiger partial charge on any atom is -0.480 e. The van der Waals surface area contributed by atoms with E-state index in [4.69, 9.17) is 33.7 Å². The molecule has 6 N–H and O–H groups in total. The number of nitrogens with zero attached hydrogens (tertiary/aromatic N) is 2. The first kappa shape index (κ1) is 27.7. The number of carboxylic acids is 1. The van der Waals surface area contributed by atoms with Crippen LogP contribution in [0.25, 0.3) is 0 Å². The zero-order valence-corrected chi connectivity index (χ0v) is 20.6. The Kier molecular flexibility index (Phi) is 10.4. The molecule has 0 spiro atoms. The Morgan fingerprint density at radius 1 is 1.32 bits per heavy atom. The van der Waals surface area contributed by atoms with Crippen LogP contribution >= 0.6 is 23.2 Å². The van der Waals surface area contributed by atoms with E-state index in [1.165, 1.54) is 7.11 Å². The lowest BCUT2D eigenvalue weighted by Gasteiger charge is -2.26. The van der Waals surface area contributed by atoms with Crippen LogP contribution < -0.4 is 15.8 Å². The molecule has 2 rings (SSSR count). The predicted molar refractivity (Wildman–Crippen MR) is 127 cm³/mol. The van der Waals surface area contributed by atoms with Crippen LogP contribution in [0.15, 0.2) is 29.4 Å². The topological polar surface area (TPSA) is 180 Å². The van der Waals surface area contributed by atoms with Crippen LogP contribution in [0.5, 0.6) is 0 Å². The largest absolute Gasteiger partial charge is 0.480 e. The zero-order chi connectivity index (χ0) is 25.3. The molecule has 34 heavy (non-hydrogen) atoms. The monoisotopic (exact) mass is 536 g/mol. The molecule has 0 saturated heterocycles. The van der Waals surface area contributed by atoms with Gasteiger partial charge in [-0.25, -0.2) is 13.4 Å². The van der Waals surface area contributed by atoms with Gasteiger partial charge in [-0.15, -0.1) is 0 Å². The van der Waals surface area contributed by atoms with Crippen molar-refractivity contribution in [3.63, 3.8) is 0 Å². The average Bonchev–Trinajstić information content (AvgIpc) is 3.29. The van der Waals surface area contributed by atoms with Gasteiger partial charge in [0.1, 0.15) is 12.6 Å². The van der Waals surface area contributed by atoms with E-state index in [1.54, 1.807) is 12.4 Å². The highest BCUT2D eigenvalue weighted by Crippen LogP contribution is 2.30. The van der Waals surface area contributed by atoms with Gasteiger partial charge >= 0.3 is 5.97 Å². The fourth-order valence-corrected chi connectivity index (χ4v) is 4.82. The first-order valence-corrected chi connectivity index (χ1v) is 12.3. The third-order valence-corrected chi connectivity index (χ3v) is 6.70. The molecular weight excluding hydrogens is 511 g/mol. The highest BCUT2D eigenvalue weighted by molar-refractivity contribution is 7.89. The molecule has 15 heteroatoms. The number of amides is 1. The quantitative estimate of drug-likeness (QED) is 0.176. The van der Waals surface area contributed by atoms with Crippen molar-refractivity contribution < 1.29 is 27.9 Å². The minimum absolute atomic E-state index is 0.0195. The lowest BCUT2D eigenvalue weighted by atomic mass is 10.1. The number of hydrogen-bond acceptors (Lipinski definition) is 8. The summed E-state index contributed by atoms with van der Waals surface area (Å²) in [5.41, 5.74) is 5.69. The average molecular weight is 537 g/mol. The number of H-pyrrole nitrogens is 1. The van der Waals surface area contributed by atoms with Crippen LogP contribution in [0, 0.1) is 0 Å². The molecule has 0 fully saturated rings. The number of sulfonamides is 1. The molecular formula is C19H26Cl2N6O6S. The van der Waals surface area contributed by atoms with E-state index in [-0.39, 0.29) is 40.2 Å². The number of halogens is 2. The molecule has 1 atom stereocenters. The molecule has 0 bridgehead atoms. The van der Waals surface area contributed by atoms with Crippen LogP contribution in [0.3, 0.4) is 0 Å². The van der Waals surface area contributed by atoms with Crippen molar-refractivity contribution in [1.29, 1.82) is 0 Å². The molecule has 1 amide bonds. The van der Waals surface area contributed by atoms with Crippen molar-refractivity contribution in [2.24, 2.45) is 0 Å². The predicted octanol–water partition coefficient (Wildman–Crippen LogP) is 1.40. The second-order valence-electron chi connectivity index (χ2n) is 7.13. The number of aliphatic carboxylic acids is 1. The van der Waals surface area contributed by atoms with Crippen molar-refractivity contribution in [3.05, 3.63) is 34.6 Å². The van der Waals surface area contributed by atoms with Crippen LogP contribution in [-0.4, -0.2) is 79.7 Å². The Morgan fingerprint density at radius 3 is 2.56 bits per heavy atom. The Bertz CT molecular complexity index is 1060. The molecule has 1 aromatic carbocycles. The highest BCUT2D eigenvalue weighted by Gasteiger charge is 2.30. The SMILES string of the molecule is COCCN(CC(=O)O)C(=O)[C@H](CCCNc1ncc[nH]1)NS(=O)(=O)c1cc(Cl)c(N)c(Cl)c1. The summed E-state index contributed by atoms with van der Waals surface area (Å²) in [5, 5.41) is 12.1. The number of aromatic nitrogens is 2. The summed E-state index contributed by atoms with van der Waals surface area (Å²) in [7, 11) is -2.87. The molecule has 2 aromatic rings. The van der Waals surface area contributed by atoms with Crippen LogP contribution in [0.2, 0.25) is 10.0 Å². The van der Waals surface area contributed by atoms with Crippen LogP contribution in [0.1, 0.15) is 12.8 Å². The molecule has 0 saturated carbocycles. The maximum absolute atomic E-state index is 13.2. The Balaban J connectivity index is 2.24. The first-order valence-electron chi connectivity index (χ1n) is 10.0.